The van der Waals surface area contributed by atoms with Crippen LogP contribution >= 0.6 is 0 Å². The van der Waals surface area contributed by atoms with Crippen LogP contribution in [0.3, 0.4) is 0 Å². The third kappa shape index (κ3) is 6.99. The molecule has 0 aliphatic rings. The molecule has 0 spiro atoms. The molecule has 3 N–H and O–H groups in total. The van der Waals surface area contributed by atoms with Crippen molar-refractivity contribution < 1.29 is 37.8 Å². The quantitative estimate of drug-likeness (QED) is 0.695. The number of nitrogens with zero attached hydrogens (tertiary/aromatic N) is 1. The Morgan fingerprint density at radius 3 is 2.17 bits per heavy atom. The van der Waals surface area contributed by atoms with Gasteiger partial charge in [-0.15, -0.1) is 0 Å². The molecular weight excluding hydrogens is 333 g/mol. The summed E-state index contributed by atoms with van der Waals surface area (Å²) in [6.07, 6.45) is -5.65. The van der Waals surface area contributed by atoms with E-state index in [1.54, 1.807) is 23.5 Å². The van der Waals surface area contributed by atoms with Crippen LogP contribution < -0.4 is 5.32 Å². The van der Waals surface area contributed by atoms with Gasteiger partial charge < -0.3 is 20.4 Å². The number of hydrogen-bond acceptors (Lipinski definition) is 3. The van der Waals surface area contributed by atoms with Crippen LogP contribution in [0.2, 0.25) is 0 Å². The summed E-state index contributed by atoms with van der Waals surface area (Å²) in [6.45, 7) is -2.02. The SMILES string of the molecule is O=C(O)C[C@@H](NC(=O)N(Cc1ccccc1)CC(F)(F)F)C(=O)O. The third-order valence-electron chi connectivity index (χ3n) is 2.85. The zero-order chi connectivity index (χ0) is 18.3. The summed E-state index contributed by atoms with van der Waals surface area (Å²) < 4.78 is 37.9. The first-order valence-electron chi connectivity index (χ1n) is 6.69. The van der Waals surface area contributed by atoms with Crippen molar-refractivity contribution in [3.8, 4) is 0 Å². The summed E-state index contributed by atoms with van der Waals surface area (Å²) in [6, 6.07) is 4.65. The van der Waals surface area contributed by atoms with E-state index in [0.717, 1.165) is 0 Å². The fourth-order valence-electron chi connectivity index (χ4n) is 1.83. The fourth-order valence-corrected chi connectivity index (χ4v) is 1.83. The van der Waals surface area contributed by atoms with Crippen LogP contribution in [-0.4, -0.2) is 51.8 Å². The molecule has 0 radical (unpaired) electrons. The van der Waals surface area contributed by atoms with E-state index in [-0.39, 0.29) is 0 Å². The van der Waals surface area contributed by atoms with Crippen molar-refractivity contribution in [2.75, 3.05) is 6.54 Å². The number of aliphatic carboxylic acids is 2. The normalized spacial score (nSPS) is 12.3. The van der Waals surface area contributed by atoms with Crippen LogP contribution in [0.1, 0.15) is 12.0 Å². The fraction of sp³-hybridized carbons (Fsp3) is 0.357. The smallest absolute Gasteiger partial charge is 0.406 e. The Morgan fingerprint density at radius 1 is 1.12 bits per heavy atom. The van der Waals surface area contributed by atoms with Crippen LogP contribution in [0.5, 0.6) is 0 Å². The zero-order valence-corrected chi connectivity index (χ0v) is 12.3. The lowest BCUT2D eigenvalue weighted by Crippen LogP contribution is -2.50. The van der Waals surface area contributed by atoms with E-state index in [1.807, 2.05) is 0 Å². The Kier molecular flexibility index (Phi) is 6.57. The molecule has 1 aromatic rings. The molecule has 1 rings (SSSR count). The summed E-state index contributed by atoms with van der Waals surface area (Å²) in [4.78, 5) is 33.8. The van der Waals surface area contributed by atoms with Crippen LogP contribution in [-0.2, 0) is 16.1 Å². The topological polar surface area (TPSA) is 107 Å². The summed E-state index contributed by atoms with van der Waals surface area (Å²) in [5, 5.41) is 19.3. The molecule has 0 aliphatic carbocycles. The van der Waals surface area contributed by atoms with Gasteiger partial charge in [-0.2, -0.15) is 13.2 Å². The van der Waals surface area contributed by atoms with E-state index in [9.17, 15) is 27.6 Å². The maximum Gasteiger partial charge on any atom is 0.406 e. The van der Waals surface area contributed by atoms with Crippen molar-refractivity contribution in [3.05, 3.63) is 35.9 Å². The molecule has 10 heteroatoms. The maximum atomic E-state index is 12.6. The highest BCUT2D eigenvalue weighted by molar-refractivity contribution is 5.86. The second-order valence-electron chi connectivity index (χ2n) is 4.90. The van der Waals surface area contributed by atoms with Gasteiger partial charge in [0, 0.05) is 6.54 Å². The minimum absolute atomic E-state index is 0.368. The Hall–Kier alpha value is -2.78. The van der Waals surface area contributed by atoms with Gasteiger partial charge in [0.2, 0.25) is 0 Å². The van der Waals surface area contributed by atoms with E-state index in [0.29, 0.717) is 10.5 Å². The highest BCUT2D eigenvalue weighted by Gasteiger charge is 2.34. The van der Waals surface area contributed by atoms with Crippen molar-refractivity contribution in [2.45, 2.75) is 25.2 Å². The first-order valence-corrected chi connectivity index (χ1v) is 6.69. The van der Waals surface area contributed by atoms with Gasteiger partial charge >= 0.3 is 24.1 Å². The summed E-state index contributed by atoms with van der Waals surface area (Å²) in [5.41, 5.74) is 0.405. The van der Waals surface area contributed by atoms with E-state index in [4.69, 9.17) is 10.2 Å². The van der Waals surface area contributed by atoms with Gasteiger partial charge in [-0.3, -0.25) is 4.79 Å². The number of hydrogen-bond donors (Lipinski definition) is 3. The number of amides is 2. The minimum atomic E-state index is -4.70. The summed E-state index contributed by atoms with van der Waals surface area (Å²) >= 11 is 0. The largest absolute Gasteiger partial charge is 0.481 e. The van der Waals surface area contributed by atoms with Gasteiger partial charge in [0.05, 0.1) is 6.42 Å². The molecule has 0 fully saturated rings. The summed E-state index contributed by atoms with van der Waals surface area (Å²) in [7, 11) is 0. The molecule has 7 nitrogen and oxygen atoms in total. The molecule has 2 amide bonds. The Bertz CT molecular complexity index is 592. The van der Waals surface area contributed by atoms with Crippen molar-refractivity contribution in [1.82, 2.24) is 10.2 Å². The van der Waals surface area contributed by atoms with E-state index in [2.05, 4.69) is 0 Å². The van der Waals surface area contributed by atoms with Crippen molar-refractivity contribution in [2.24, 2.45) is 0 Å². The van der Waals surface area contributed by atoms with Crippen LogP contribution in [0.25, 0.3) is 0 Å². The van der Waals surface area contributed by atoms with Gasteiger partial charge in [-0.25, -0.2) is 9.59 Å². The molecular formula is C14H15F3N2O5. The van der Waals surface area contributed by atoms with E-state index in [1.165, 1.54) is 12.1 Å². The molecule has 1 atom stereocenters. The molecule has 0 unspecified atom stereocenters. The van der Waals surface area contributed by atoms with Crippen molar-refractivity contribution in [3.63, 3.8) is 0 Å². The average Bonchev–Trinajstić information content (AvgIpc) is 2.45. The van der Waals surface area contributed by atoms with Crippen LogP contribution in [0, 0.1) is 0 Å². The minimum Gasteiger partial charge on any atom is -0.481 e. The molecule has 0 aromatic heterocycles. The molecule has 0 saturated carbocycles. The maximum absolute atomic E-state index is 12.6. The molecule has 0 bridgehead atoms. The van der Waals surface area contributed by atoms with Gasteiger partial charge in [0.15, 0.2) is 0 Å². The van der Waals surface area contributed by atoms with Gasteiger partial charge in [0.1, 0.15) is 12.6 Å². The number of halogens is 3. The number of carboxylic acids is 2. The Labute approximate surface area is 134 Å². The predicted molar refractivity (Wildman–Crippen MR) is 75.1 cm³/mol. The zero-order valence-electron chi connectivity index (χ0n) is 12.3. The van der Waals surface area contributed by atoms with Crippen LogP contribution in [0.15, 0.2) is 30.3 Å². The number of carbonyl (C=O) groups is 3. The molecule has 24 heavy (non-hydrogen) atoms. The molecule has 0 saturated heterocycles. The van der Waals surface area contributed by atoms with Crippen molar-refractivity contribution in [1.29, 1.82) is 0 Å². The first-order chi connectivity index (χ1) is 11.1. The highest BCUT2D eigenvalue weighted by atomic mass is 19.4. The van der Waals surface area contributed by atoms with Gasteiger partial charge in [-0.05, 0) is 5.56 Å². The molecule has 0 heterocycles. The number of carboxylic acid groups (broad SMARTS) is 2. The molecule has 0 aliphatic heterocycles. The number of benzene rings is 1. The van der Waals surface area contributed by atoms with Gasteiger partial charge in [-0.1, -0.05) is 30.3 Å². The number of alkyl halides is 3. The van der Waals surface area contributed by atoms with Crippen LogP contribution in [0.4, 0.5) is 18.0 Å². The molecule has 1 aromatic carbocycles. The number of nitrogens with one attached hydrogen (secondary N) is 1. The lowest BCUT2D eigenvalue weighted by molar-refractivity contribution is -0.146. The predicted octanol–water partition coefficient (Wildman–Crippen LogP) is 1.69. The second kappa shape index (κ2) is 8.18. The third-order valence-corrected chi connectivity index (χ3v) is 2.85. The number of urea groups is 1. The van der Waals surface area contributed by atoms with Crippen molar-refractivity contribution >= 4 is 18.0 Å². The summed E-state index contributed by atoms with van der Waals surface area (Å²) in [5.74, 6) is -3.16. The highest BCUT2D eigenvalue weighted by Crippen LogP contribution is 2.18. The monoisotopic (exact) mass is 348 g/mol. The lowest BCUT2D eigenvalue weighted by atomic mass is 10.2. The Morgan fingerprint density at radius 2 is 1.71 bits per heavy atom. The van der Waals surface area contributed by atoms with E-state index >= 15 is 0 Å². The lowest BCUT2D eigenvalue weighted by Gasteiger charge is -2.26. The standard InChI is InChI=1S/C14H15F3N2O5/c15-14(16,17)8-19(7-9-4-2-1-3-5-9)13(24)18-10(12(22)23)6-11(20)21/h1-5,10H,6-8H2,(H,18,24)(H,20,21)(H,22,23)/t10-/m1/s1. The van der Waals surface area contributed by atoms with Gasteiger partial charge in [0.25, 0.3) is 0 Å². The first kappa shape index (κ1) is 19.3. The molecule has 132 valence electrons. The number of carbonyl (C=O) groups excluding carboxylic acids is 1. The van der Waals surface area contributed by atoms with E-state index < -0.39 is 49.7 Å². The number of rotatable bonds is 7. The average molecular weight is 348 g/mol. The second-order valence-corrected chi connectivity index (χ2v) is 4.90. The Balaban J connectivity index is 2.89.